The van der Waals surface area contributed by atoms with Crippen LogP contribution in [-0.4, -0.2) is 56.1 Å². The second-order valence-corrected chi connectivity index (χ2v) is 14.8. The first-order chi connectivity index (χ1) is 15.6. The van der Waals surface area contributed by atoms with Gasteiger partial charge in [0.15, 0.2) is 0 Å². The van der Waals surface area contributed by atoms with E-state index in [-0.39, 0.29) is 46.0 Å². The van der Waals surface area contributed by atoms with Crippen LogP contribution >= 0.6 is 0 Å². The van der Waals surface area contributed by atoms with Crippen molar-refractivity contribution in [3.63, 3.8) is 0 Å². The summed E-state index contributed by atoms with van der Waals surface area (Å²) < 4.78 is 0. The van der Waals surface area contributed by atoms with Gasteiger partial charge in [-0.15, -0.1) is 0 Å². The Kier molecular flexibility index (Phi) is 5.42. The molecule has 0 amide bonds. The molecule has 5 aliphatic rings. The van der Waals surface area contributed by atoms with Gasteiger partial charge in [-0.25, -0.2) is 0 Å². The lowest BCUT2D eigenvalue weighted by Gasteiger charge is -2.72. The molecule has 0 aromatic rings. The van der Waals surface area contributed by atoms with Crippen LogP contribution in [-0.2, 0) is 0 Å². The summed E-state index contributed by atoms with van der Waals surface area (Å²) in [5, 5.41) is 55.5. The van der Waals surface area contributed by atoms with E-state index in [1.807, 2.05) is 6.92 Å². The van der Waals surface area contributed by atoms with Crippen molar-refractivity contribution in [1.29, 1.82) is 0 Å². The van der Waals surface area contributed by atoms with Gasteiger partial charge in [0.2, 0.25) is 0 Å². The normalized spacial score (nSPS) is 58.6. The summed E-state index contributed by atoms with van der Waals surface area (Å²) in [6.07, 6.45) is 6.24. The number of aliphatic hydroxyl groups excluding tert-OH is 4. The lowest BCUT2D eigenvalue weighted by Crippen LogP contribution is -2.69. The van der Waals surface area contributed by atoms with E-state index < -0.39 is 29.3 Å². The minimum absolute atomic E-state index is 0.0187. The Morgan fingerprint density at radius 1 is 0.882 bits per heavy atom. The molecule has 4 fully saturated rings. The molecule has 5 heteroatoms. The zero-order chi connectivity index (χ0) is 25.1. The molecule has 0 unspecified atom stereocenters. The van der Waals surface area contributed by atoms with Crippen LogP contribution in [0, 0.1) is 44.8 Å². The van der Waals surface area contributed by atoms with Gasteiger partial charge in [0.1, 0.15) is 0 Å². The maximum Gasteiger partial charge on any atom is 0.0971 e. The van der Waals surface area contributed by atoms with Crippen molar-refractivity contribution < 1.29 is 25.5 Å². The maximum absolute atomic E-state index is 11.7. The third kappa shape index (κ3) is 2.91. The Morgan fingerprint density at radius 3 is 2.21 bits per heavy atom. The number of allylic oxidation sites excluding steroid dienone is 1. The third-order valence-corrected chi connectivity index (χ3v) is 12.7. The summed E-state index contributed by atoms with van der Waals surface area (Å²) in [5.74, 6) is 0.379. The number of hydrogen-bond donors (Lipinski definition) is 5. The molecule has 0 aliphatic heterocycles. The van der Waals surface area contributed by atoms with Gasteiger partial charge >= 0.3 is 0 Å². The smallest absolute Gasteiger partial charge is 0.0971 e. The van der Waals surface area contributed by atoms with Gasteiger partial charge in [-0.2, -0.15) is 0 Å². The predicted octanol–water partition coefficient (Wildman–Crippen LogP) is 3.81. The second kappa shape index (κ2) is 7.31. The molecule has 0 saturated heterocycles. The minimum Gasteiger partial charge on any atom is -0.396 e. The molecule has 0 aromatic carbocycles. The van der Waals surface area contributed by atoms with Crippen molar-refractivity contribution >= 4 is 0 Å². The predicted molar refractivity (Wildman–Crippen MR) is 132 cm³/mol. The third-order valence-electron chi connectivity index (χ3n) is 12.7. The standard InChI is InChI=1S/C29H48O5/c1-24(2)11-12-29(34)18(13-24)17-7-8-21-25(3)14-19(31)23(33)26(4,16-30)20(25)9-10-27(21,5)28(17,6)15-22(29)32/h7,18-23,30-34H,8-16H2,1-6H3/t18-,19-,20+,21+,22-,23-,25-,26-,27+,28+,29+/m0/s1. The van der Waals surface area contributed by atoms with Gasteiger partial charge in [0.05, 0.1) is 30.5 Å². The Morgan fingerprint density at radius 2 is 1.56 bits per heavy atom. The summed E-state index contributed by atoms with van der Waals surface area (Å²) in [7, 11) is 0. The summed E-state index contributed by atoms with van der Waals surface area (Å²) in [4.78, 5) is 0. The van der Waals surface area contributed by atoms with Crippen molar-refractivity contribution in [3.8, 4) is 0 Å². The molecule has 0 bridgehead atoms. The van der Waals surface area contributed by atoms with Gasteiger partial charge < -0.3 is 25.5 Å². The van der Waals surface area contributed by atoms with E-state index in [9.17, 15) is 25.5 Å². The van der Waals surface area contributed by atoms with E-state index in [1.165, 1.54) is 5.57 Å². The van der Waals surface area contributed by atoms with E-state index in [2.05, 4.69) is 40.7 Å². The average molecular weight is 477 g/mol. The molecule has 5 rings (SSSR count). The fraction of sp³-hybridized carbons (Fsp3) is 0.931. The number of rotatable bonds is 1. The van der Waals surface area contributed by atoms with Gasteiger partial charge in [0, 0.05) is 11.3 Å². The molecule has 4 saturated carbocycles. The van der Waals surface area contributed by atoms with Gasteiger partial charge in [-0.3, -0.25) is 0 Å². The van der Waals surface area contributed by atoms with Gasteiger partial charge in [0.25, 0.3) is 0 Å². The van der Waals surface area contributed by atoms with Crippen molar-refractivity contribution in [3.05, 3.63) is 11.6 Å². The summed E-state index contributed by atoms with van der Waals surface area (Å²) in [5.41, 5.74) is -0.809. The molecule has 5 nitrogen and oxygen atoms in total. The lowest BCUT2D eigenvalue weighted by molar-refractivity contribution is -0.253. The Hall–Kier alpha value is -0.460. The van der Waals surface area contributed by atoms with Crippen molar-refractivity contribution in [2.75, 3.05) is 6.61 Å². The minimum atomic E-state index is -1.04. The van der Waals surface area contributed by atoms with E-state index in [0.29, 0.717) is 19.3 Å². The number of aliphatic hydroxyl groups is 5. The van der Waals surface area contributed by atoms with Gasteiger partial charge in [-0.1, -0.05) is 53.2 Å². The van der Waals surface area contributed by atoms with E-state index in [4.69, 9.17) is 0 Å². The first kappa shape index (κ1) is 25.2. The molecule has 11 atom stereocenters. The molecule has 0 aromatic heterocycles. The second-order valence-electron chi connectivity index (χ2n) is 14.8. The van der Waals surface area contributed by atoms with Crippen LogP contribution in [0.3, 0.4) is 0 Å². The van der Waals surface area contributed by atoms with Crippen LogP contribution in [0.2, 0.25) is 0 Å². The van der Waals surface area contributed by atoms with E-state index in [1.54, 1.807) is 0 Å². The van der Waals surface area contributed by atoms with Crippen LogP contribution in [0.4, 0.5) is 0 Å². The molecule has 34 heavy (non-hydrogen) atoms. The first-order valence-corrected chi connectivity index (χ1v) is 13.7. The van der Waals surface area contributed by atoms with Crippen LogP contribution in [0.15, 0.2) is 11.6 Å². The molecular formula is C29H48O5. The van der Waals surface area contributed by atoms with Crippen molar-refractivity contribution in [1.82, 2.24) is 0 Å². The van der Waals surface area contributed by atoms with Gasteiger partial charge in [-0.05, 0) is 84.9 Å². The Balaban J connectivity index is 1.61. The highest BCUT2D eigenvalue weighted by molar-refractivity contribution is 5.35. The quantitative estimate of drug-likeness (QED) is 0.371. The van der Waals surface area contributed by atoms with Crippen LogP contribution in [0.1, 0.15) is 92.9 Å². The monoisotopic (exact) mass is 476 g/mol. The molecule has 5 aliphatic carbocycles. The number of fused-ring (bicyclic) bond motifs is 7. The number of hydrogen-bond acceptors (Lipinski definition) is 5. The summed E-state index contributed by atoms with van der Waals surface area (Å²) in [6.45, 7) is 13.4. The van der Waals surface area contributed by atoms with Crippen LogP contribution in [0.5, 0.6) is 0 Å². The lowest BCUT2D eigenvalue weighted by atomic mass is 9.34. The maximum atomic E-state index is 11.7. The van der Waals surface area contributed by atoms with Crippen molar-refractivity contribution in [2.45, 2.75) is 117 Å². The average Bonchev–Trinajstić information content (AvgIpc) is 2.74. The molecule has 0 heterocycles. The molecular weight excluding hydrogens is 428 g/mol. The summed E-state index contributed by atoms with van der Waals surface area (Å²) >= 11 is 0. The van der Waals surface area contributed by atoms with Crippen LogP contribution in [0.25, 0.3) is 0 Å². The topological polar surface area (TPSA) is 101 Å². The molecule has 0 spiro atoms. The largest absolute Gasteiger partial charge is 0.396 e. The molecule has 194 valence electrons. The summed E-state index contributed by atoms with van der Waals surface area (Å²) in [6, 6.07) is 0. The first-order valence-electron chi connectivity index (χ1n) is 13.7. The zero-order valence-corrected chi connectivity index (χ0v) is 22.1. The SMILES string of the molecule is CC1(C)CC[C@]2(O)[C@@H](O)C[C@]3(C)C(=CC[C@@H]4[C@@]5(C)C[C@H](O)[C@H](O)[C@@](C)(CO)[C@@H]5CC[C@]43C)[C@@H]2C1. The van der Waals surface area contributed by atoms with Crippen molar-refractivity contribution in [2.24, 2.45) is 44.8 Å². The Bertz CT molecular complexity index is 884. The van der Waals surface area contributed by atoms with Crippen LogP contribution < -0.4 is 0 Å². The molecule has 5 N–H and O–H groups in total. The zero-order valence-electron chi connectivity index (χ0n) is 22.1. The van der Waals surface area contributed by atoms with E-state index in [0.717, 1.165) is 32.1 Å². The fourth-order valence-electron chi connectivity index (χ4n) is 10.5. The fourth-order valence-corrected chi connectivity index (χ4v) is 10.5. The highest BCUT2D eigenvalue weighted by Gasteiger charge is 2.70. The highest BCUT2D eigenvalue weighted by Crippen LogP contribution is 2.74. The Labute approximate surface area is 205 Å². The van der Waals surface area contributed by atoms with E-state index >= 15 is 0 Å². The molecule has 0 radical (unpaired) electrons. The highest BCUT2D eigenvalue weighted by atomic mass is 16.3.